The van der Waals surface area contributed by atoms with Gasteiger partial charge in [-0.3, -0.25) is 10.1 Å². The van der Waals surface area contributed by atoms with Crippen molar-refractivity contribution >= 4 is 27.4 Å². The molecule has 0 aromatic carbocycles. The van der Waals surface area contributed by atoms with E-state index >= 15 is 0 Å². The Morgan fingerprint density at radius 1 is 1.55 bits per heavy atom. The Kier molecular flexibility index (Phi) is 4.93. The Balaban J connectivity index is 2.00. The molecule has 20 heavy (non-hydrogen) atoms. The maximum Gasteiger partial charge on any atom is 0.291 e. The summed E-state index contributed by atoms with van der Waals surface area (Å²) in [7, 11) is 2.14. The van der Waals surface area contributed by atoms with E-state index in [9.17, 15) is 10.1 Å². The molecular weight excluding hydrogens is 324 g/mol. The van der Waals surface area contributed by atoms with Crippen molar-refractivity contribution in [3.63, 3.8) is 0 Å². The molecule has 1 aliphatic rings. The fourth-order valence-corrected chi connectivity index (χ4v) is 2.83. The van der Waals surface area contributed by atoms with Gasteiger partial charge in [0, 0.05) is 12.1 Å². The number of hydrogen-bond donors (Lipinski definition) is 1. The van der Waals surface area contributed by atoms with E-state index in [0.717, 1.165) is 19.6 Å². The molecule has 0 unspecified atom stereocenters. The van der Waals surface area contributed by atoms with Gasteiger partial charge < -0.3 is 10.2 Å². The summed E-state index contributed by atoms with van der Waals surface area (Å²) in [6, 6.07) is 0. The number of rotatable bonds is 4. The molecule has 1 saturated heterocycles. The van der Waals surface area contributed by atoms with Gasteiger partial charge in [-0.2, -0.15) is 0 Å². The Morgan fingerprint density at radius 2 is 2.20 bits per heavy atom. The second kappa shape index (κ2) is 6.49. The second-order valence-corrected chi connectivity index (χ2v) is 6.11. The molecule has 0 atom stereocenters. The van der Waals surface area contributed by atoms with Gasteiger partial charge in [0.05, 0.1) is 9.40 Å². The molecule has 0 bridgehead atoms. The second-order valence-electron chi connectivity index (χ2n) is 5.32. The highest BCUT2D eigenvalue weighted by Crippen LogP contribution is 2.30. The van der Waals surface area contributed by atoms with Crippen molar-refractivity contribution in [3.8, 4) is 0 Å². The van der Waals surface area contributed by atoms with E-state index in [0.29, 0.717) is 21.8 Å². The van der Waals surface area contributed by atoms with E-state index in [1.807, 2.05) is 0 Å². The first kappa shape index (κ1) is 15.2. The molecule has 110 valence electrons. The fourth-order valence-electron chi connectivity index (χ4n) is 2.38. The number of nitrogens with one attached hydrogen (secondary N) is 1. The van der Waals surface area contributed by atoms with Crippen LogP contribution in [0, 0.1) is 23.0 Å². The summed E-state index contributed by atoms with van der Waals surface area (Å²) < 4.78 is 0.680. The molecular formula is C13H19BrN4O2. The molecule has 7 heteroatoms. The summed E-state index contributed by atoms with van der Waals surface area (Å²) in [5.41, 5.74) is 0.651. The zero-order chi connectivity index (χ0) is 14.7. The molecule has 0 saturated carbocycles. The summed E-state index contributed by atoms with van der Waals surface area (Å²) >= 11 is 3.40. The highest BCUT2D eigenvalue weighted by Gasteiger charge is 2.19. The summed E-state index contributed by atoms with van der Waals surface area (Å²) in [4.78, 5) is 16.9. The lowest BCUT2D eigenvalue weighted by molar-refractivity contribution is -0.385. The van der Waals surface area contributed by atoms with Gasteiger partial charge in [0.2, 0.25) is 0 Å². The molecule has 6 nitrogen and oxygen atoms in total. The summed E-state index contributed by atoms with van der Waals surface area (Å²) in [6.45, 7) is 4.84. The predicted molar refractivity (Wildman–Crippen MR) is 82.0 cm³/mol. The molecule has 2 heterocycles. The molecule has 0 radical (unpaired) electrons. The number of anilines is 1. The standard InChI is InChI=1S/C13H19BrN4O2/c1-9-11(18(19)20)8-16-13(12(9)14)15-7-10-3-5-17(2)6-4-10/h8,10H,3-7H2,1-2H3,(H,15,16). The number of halogens is 1. The number of nitrogens with zero attached hydrogens (tertiary/aromatic N) is 3. The van der Waals surface area contributed by atoms with Crippen molar-refractivity contribution in [1.82, 2.24) is 9.88 Å². The van der Waals surface area contributed by atoms with Crippen LogP contribution in [0.15, 0.2) is 10.7 Å². The maximum absolute atomic E-state index is 10.8. The van der Waals surface area contributed by atoms with Crippen molar-refractivity contribution in [2.75, 3.05) is 32.0 Å². The van der Waals surface area contributed by atoms with Gasteiger partial charge in [0.25, 0.3) is 5.69 Å². The zero-order valence-corrected chi connectivity index (χ0v) is 13.3. The van der Waals surface area contributed by atoms with Crippen LogP contribution in [0.5, 0.6) is 0 Å². The van der Waals surface area contributed by atoms with Crippen LogP contribution < -0.4 is 5.32 Å². The van der Waals surface area contributed by atoms with Gasteiger partial charge in [-0.05, 0) is 61.8 Å². The van der Waals surface area contributed by atoms with Crippen LogP contribution in [0.1, 0.15) is 18.4 Å². The minimum Gasteiger partial charge on any atom is -0.369 e. The van der Waals surface area contributed by atoms with Gasteiger partial charge in [-0.1, -0.05) is 0 Å². The molecule has 1 fully saturated rings. The first-order valence-electron chi connectivity index (χ1n) is 6.71. The van der Waals surface area contributed by atoms with E-state index in [2.05, 4.69) is 38.2 Å². The van der Waals surface area contributed by atoms with Crippen LogP contribution in [0.3, 0.4) is 0 Å². The minimum atomic E-state index is -0.409. The van der Waals surface area contributed by atoms with Crippen LogP contribution in [0.25, 0.3) is 0 Å². The average Bonchev–Trinajstić information content (AvgIpc) is 2.42. The van der Waals surface area contributed by atoms with E-state index in [1.54, 1.807) is 6.92 Å². The maximum atomic E-state index is 10.8. The van der Waals surface area contributed by atoms with Crippen LogP contribution in [-0.4, -0.2) is 41.5 Å². The van der Waals surface area contributed by atoms with Crippen molar-refractivity contribution in [2.24, 2.45) is 5.92 Å². The van der Waals surface area contributed by atoms with E-state index < -0.39 is 4.92 Å². The smallest absolute Gasteiger partial charge is 0.291 e. The lowest BCUT2D eigenvalue weighted by atomic mass is 9.97. The molecule has 1 N–H and O–H groups in total. The number of aromatic nitrogens is 1. The van der Waals surface area contributed by atoms with Crippen LogP contribution >= 0.6 is 15.9 Å². The number of nitro groups is 1. The van der Waals surface area contributed by atoms with Crippen LogP contribution in [0.2, 0.25) is 0 Å². The van der Waals surface area contributed by atoms with Crippen molar-refractivity contribution in [1.29, 1.82) is 0 Å². The Bertz CT molecular complexity index is 501. The van der Waals surface area contributed by atoms with E-state index in [-0.39, 0.29) is 5.69 Å². The Morgan fingerprint density at radius 3 is 2.80 bits per heavy atom. The first-order valence-corrected chi connectivity index (χ1v) is 7.50. The largest absolute Gasteiger partial charge is 0.369 e. The van der Waals surface area contributed by atoms with Gasteiger partial charge in [-0.25, -0.2) is 4.98 Å². The summed E-state index contributed by atoms with van der Waals surface area (Å²) in [5.74, 6) is 1.32. The third kappa shape index (κ3) is 3.46. The topological polar surface area (TPSA) is 71.3 Å². The number of pyridine rings is 1. The Labute approximate surface area is 126 Å². The minimum absolute atomic E-state index is 0.0433. The van der Waals surface area contributed by atoms with Gasteiger partial charge in [0.1, 0.15) is 12.0 Å². The fraction of sp³-hybridized carbons (Fsp3) is 0.615. The van der Waals surface area contributed by atoms with Gasteiger partial charge in [0.15, 0.2) is 0 Å². The Hall–Kier alpha value is -1.21. The summed E-state index contributed by atoms with van der Waals surface area (Å²) in [5, 5.41) is 14.1. The SMILES string of the molecule is Cc1c([N+](=O)[O-])cnc(NCC2CCN(C)CC2)c1Br. The number of likely N-dealkylation sites (tertiary alicyclic amines) is 1. The highest BCUT2D eigenvalue weighted by molar-refractivity contribution is 9.10. The van der Waals surface area contributed by atoms with Crippen molar-refractivity contribution in [3.05, 3.63) is 26.3 Å². The van der Waals surface area contributed by atoms with E-state index in [1.165, 1.54) is 19.0 Å². The molecule has 2 rings (SSSR count). The molecule has 1 aromatic rings. The lowest BCUT2D eigenvalue weighted by Crippen LogP contribution is -2.33. The normalized spacial score (nSPS) is 17.1. The highest BCUT2D eigenvalue weighted by atomic mass is 79.9. The summed E-state index contributed by atoms with van der Waals surface area (Å²) in [6.07, 6.45) is 3.66. The average molecular weight is 343 g/mol. The third-order valence-corrected chi connectivity index (χ3v) is 4.80. The lowest BCUT2D eigenvalue weighted by Gasteiger charge is -2.29. The first-order chi connectivity index (χ1) is 9.49. The third-order valence-electron chi connectivity index (χ3n) is 3.83. The number of piperidine rings is 1. The monoisotopic (exact) mass is 342 g/mol. The van der Waals surface area contributed by atoms with E-state index in [4.69, 9.17) is 0 Å². The predicted octanol–water partition coefficient (Wildman–Crippen LogP) is 2.81. The quantitative estimate of drug-likeness (QED) is 0.672. The molecule has 1 aromatic heterocycles. The molecule has 0 amide bonds. The number of hydrogen-bond acceptors (Lipinski definition) is 5. The molecule has 0 aliphatic carbocycles. The molecule has 1 aliphatic heterocycles. The molecule has 0 spiro atoms. The van der Waals surface area contributed by atoms with Crippen LogP contribution in [0.4, 0.5) is 11.5 Å². The van der Waals surface area contributed by atoms with Gasteiger partial charge in [-0.15, -0.1) is 0 Å². The van der Waals surface area contributed by atoms with Gasteiger partial charge >= 0.3 is 0 Å². The van der Waals surface area contributed by atoms with Crippen molar-refractivity contribution in [2.45, 2.75) is 19.8 Å². The zero-order valence-electron chi connectivity index (χ0n) is 11.7. The van der Waals surface area contributed by atoms with Crippen molar-refractivity contribution < 1.29 is 4.92 Å². The van der Waals surface area contributed by atoms with Crippen LogP contribution in [-0.2, 0) is 0 Å².